The highest BCUT2D eigenvalue weighted by molar-refractivity contribution is 5.97. The Morgan fingerprint density at radius 2 is 1.95 bits per heavy atom. The Labute approximate surface area is 220 Å². The van der Waals surface area contributed by atoms with Gasteiger partial charge in [-0.05, 0) is 99.4 Å². The summed E-state index contributed by atoms with van der Waals surface area (Å²) in [5.74, 6) is 1.77. The topological polar surface area (TPSA) is 57.7 Å². The van der Waals surface area contributed by atoms with Crippen molar-refractivity contribution in [2.75, 3.05) is 38.2 Å². The molecule has 2 aliphatic heterocycles. The molecule has 2 aromatic carbocycles. The molecule has 0 spiro atoms. The molecule has 0 radical (unpaired) electrons. The van der Waals surface area contributed by atoms with Crippen molar-refractivity contribution in [3.05, 3.63) is 65.9 Å². The number of anilines is 1. The molecular formula is C31H38N4O2. The number of aromatic nitrogens is 1. The summed E-state index contributed by atoms with van der Waals surface area (Å²) in [6, 6.07) is 17.2. The van der Waals surface area contributed by atoms with Crippen LogP contribution in [0.5, 0.6) is 5.75 Å². The van der Waals surface area contributed by atoms with Gasteiger partial charge >= 0.3 is 0 Å². The maximum Gasteiger partial charge on any atom is 0.251 e. The lowest BCUT2D eigenvalue weighted by Gasteiger charge is -2.46. The van der Waals surface area contributed by atoms with E-state index in [1.807, 2.05) is 30.3 Å². The van der Waals surface area contributed by atoms with Crippen molar-refractivity contribution in [2.24, 2.45) is 5.92 Å². The lowest BCUT2D eigenvalue weighted by Crippen LogP contribution is -2.55. The van der Waals surface area contributed by atoms with E-state index >= 15 is 0 Å². The van der Waals surface area contributed by atoms with Gasteiger partial charge in [-0.1, -0.05) is 12.1 Å². The van der Waals surface area contributed by atoms with Gasteiger partial charge in [-0.25, -0.2) is 0 Å². The second-order valence-corrected chi connectivity index (χ2v) is 11.1. The van der Waals surface area contributed by atoms with Crippen LogP contribution in [0.2, 0.25) is 0 Å². The lowest BCUT2D eigenvalue weighted by atomic mass is 9.83. The summed E-state index contributed by atoms with van der Waals surface area (Å²) in [6.07, 6.45) is 10.0. The molecule has 2 fully saturated rings. The van der Waals surface area contributed by atoms with Crippen molar-refractivity contribution >= 4 is 22.5 Å². The number of hydrogen-bond acceptors (Lipinski definition) is 5. The van der Waals surface area contributed by atoms with E-state index in [-0.39, 0.29) is 11.9 Å². The van der Waals surface area contributed by atoms with E-state index in [0.29, 0.717) is 11.6 Å². The molecule has 6 heteroatoms. The van der Waals surface area contributed by atoms with Crippen LogP contribution in [0.15, 0.2) is 54.7 Å². The molecule has 3 aliphatic rings. The standard InChI is InChI=1S/C31H38N4O2/c1-37-28-12-13-30-24(19-28)8-11-27-21-34(17-18-35(27)30)16-14-22-4-9-26(10-5-22)33-31(36)25-7-6-23-3-2-15-32-29(23)20-25/h2-3,6-7,12-13,15,19-20,22,26-27H,4-5,8-11,14,16-18,21H2,1H3,(H,33,36). The third-order valence-corrected chi connectivity index (χ3v) is 8.81. The van der Waals surface area contributed by atoms with Crippen molar-refractivity contribution in [3.8, 4) is 5.75 Å². The van der Waals surface area contributed by atoms with Crippen LogP contribution < -0.4 is 15.0 Å². The van der Waals surface area contributed by atoms with Gasteiger partial charge in [0.05, 0.1) is 12.6 Å². The Morgan fingerprint density at radius 3 is 2.81 bits per heavy atom. The molecule has 3 heterocycles. The normalized spacial score (nSPS) is 23.8. The highest BCUT2D eigenvalue weighted by Crippen LogP contribution is 2.35. The molecule has 1 saturated heterocycles. The molecule has 1 atom stereocenters. The first-order valence-corrected chi connectivity index (χ1v) is 14.0. The predicted octanol–water partition coefficient (Wildman–Crippen LogP) is 5.06. The minimum Gasteiger partial charge on any atom is -0.497 e. The van der Waals surface area contributed by atoms with E-state index in [1.165, 1.54) is 50.0 Å². The Bertz CT molecular complexity index is 1250. The van der Waals surface area contributed by atoms with Crippen LogP contribution in [0.1, 0.15) is 54.4 Å². The zero-order valence-corrected chi connectivity index (χ0v) is 21.9. The highest BCUT2D eigenvalue weighted by atomic mass is 16.5. The molecule has 37 heavy (non-hydrogen) atoms. The number of hydrogen-bond donors (Lipinski definition) is 1. The van der Waals surface area contributed by atoms with E-state index < -0.39 is 0 Å². The third kappa shape index (κ3) is 5.30. The van der Waals surface area contributed by atoms with Crippen LogP contribution >= 0.6 is 0 Å². The fourth-order valence-electron chi connectivity index (χ4n) is 6.62. The Morgan fingerprint density at radius 1 is 1.05 bits per heavy atom. The van der Waals surface area contributed by atoms with Gasteiger partial charge in [0, 0.05) is 54.6 Å². The average molecular weight is 499 g/mol. The predicted molar refractivity (Wildman–Crippen MR) is 148 cm³/mol. The van der Waals surface area contributed by atoms with E-state index in [1.54, 1.807) is 13.3 Å². The zero-order chi connectivity index (χ0) is 25.2. The van der Waals surface area contributed by atoms with Crippen molar-refractivity contribution in [2.45, 2.75) is 57.0 Å². The van der Waals surface area contributed by atoms with Crippen LogP contribution in [0.25, 0.3) is 10.9 Å². The number of piperazine rings is 1. The fraction of sp³-hybridized carbons (Fsp3) is 0.484. The van der Waals surface area contributed by atoms with Crippen LogP contribution in [0.3, 0.4) is 0 Å². The number of carbonyl (C=O) groups excluding carboxylic acids is 1. The summed E-state index contributed by atoms with van der Waals surface area (Å²) in [5, 5.41) is 4.35. The molecule has 3 aromatic rings. The fourth-order valence-corrected chi connectivity index (χ4v) is 6.62. The molecule has 194 valence electrons. The Balaban J connectivity index is 0.950. The van der Waals surface area contributed by atoms with Gasteiger partial charge in [0.15, 0.2) is 0 Å². The van der Waals surface area contributed by atoms with Gasteiger partial charge in [-0.15, -0.1) is 0 Å². The molecule has 6 nitrogen and oxygen atoms in total. The molecule has 1 aliphatic carbocycles. The molecule has 1 unspecified atom stereocenters. The minimum atomic E-state index is 0.0290. The van der Waals surface area contributed by atoms with Crippen LogP contribution in [0.4, 0.5) is 5.69 Å². The summed E-state index contributed by atoms with van der Waals surface area (Å²) in [5.41, 5.74) is 4.43. The molecule has 1 amide bonds. The van der Waals surface area contributed by atoms with Gasteiger partial charge in [0.25, 0.3) is 5.91 Å². The smallest absolute Gasteiger partial charge is 0.251 e. The number of benzene rings is 2. The van der Waals surface area contributed by atoms with Gasteiger partial charge in [0.2, 0.25) is 0 Å². The van der Waals surface area contributed by atoms with Gasteiger partial charge in [0.1, 0.15) is 5.75 Å². The van der Waals surface area contributed by atoms with Crippen molar-refractivity contribution in [1.82, 2.24) is 15.2 Å². The molecule has 1 N–H and O–H groups in total. The summed E-state index contributed by atoms with van der Waals surface area (Å²) in [4.78, 5) is 22.6. The number of fused-ring (bicyclic) bond motifs is 4. The molecule has 1 aromatic heterocycles. The Hall–Kier alpha value is -3.12. The molecule has 1 saturated carbocycles. The number of pyridine rings is 1. The van der Waals surface area contributed by atoms with Crippen molar-refractivity contribution in [3.63, 3.8) is 0 Å². The summed E-state index contributed by atoms with van der Waals surface area (Å²) in [6.45, 7) is 4.64. The number of amides is 1. The monoisotopic (exact) mass is 498 g/mol. The second kappa shape index (κ2) is 10.7. The minimum absolute atomic E-state index is 0.0290. The van der Waals surface area contributed by atoms with Crippen LogP contribution in [-0.4, -0.2) is 61.2 Å². The first-order valence-electron chi connectivity index (χ1n) is 14.0. The SMILES string of the molecule is COc1ccc2c(c1)CCC1CN(CCC3CCC(NC(=O)c4ccc5cccnc5c4)CC3)CCN21. The van der Waals surface area contributed by atoms with E-state index in [0.717, 1.165) is 54.9 Å². The van der Waals surface area contributed by atoms with Gasteiger partial charge in [-0.3, -0.25) is 14.7 Å². The van der Waals surface area contributed by atoms with Crippen LogP contribution in [0, 0.1) is 5.92 Å². The number of rotatable bonds is 6. The highest BCUT2D eigenvalue weighted by Gasteiger charge is 2.32. The number of methoxy groups -OCH3 is 1. The Kier molecular flexibility index (Phi) is 7.01. The number of aryl methyl sites for hydroxylation is 1. The molecular weight excluding hydrogens is 460 g/mol. The maximum atomic E-state index is 12.8. The summed E-state index contributed by atoms with van der Waals surface area (Å²) in [7, 11) is 1.75. The second-order valence-electron chi connectivity index (χ2n) is 11.1. The number of nitrogens with one attached hydrogen (secondary N) is 1. The lowest BCUT2D eigenvalue weighted by molar-refractivity contribution is 0.0919. The number of nitrogens with zero attached hydrogens (tertiary/aromatic N) is 3. The summed E-state index contributed by atoms with van der Waals surface area (Å²) >= 11 is 0. The first-order chi connectivity index (χ1) is 18.2. The number of carbonyl (C=O) groups is 1. The van der Waals surface area contributed by atoms with Gasteiger partial charge < -0.3 is 15.0 Å². The largest absolute Gasteiger partial charge is 0.497 e. The molecule has 0 bridgehead atoms. The van der Waals surface area contributed by atoms with Crippen molar-refractivity contribution < 1.29 is 9.53 Å². The van der Waals surface area contributed by atoms with E-state index in [4.69, 9.17) is 4.74 Å². The number of ether oxygens (including phenoxy) is 1. The maximum absolute atomic E-state index is 12.8. The average Bonchev–Trinajstić information content (AvgIpc) is 2.96. The quantitative estimate of drug-likeness (QED) is 0.515. The van der Waals surface area contributed by atoms with Crippen LogP contribution in [-0.2, 0) is 6.42 Å². The molecule has 6 rings (SSSR count). The van der Waals surface area contributed by atoms with E-state index in [9.17, 15) is 4.79 Å². The van der Waals surface area contributed by atoms with Gasteiger partial charge in [-0.2, -0.15) is 0 Å². The van der Waals surface area contributed by atoms with Crippen molar-refractivity contribution in [1.29, 1.82) is 0 Å². The third-order valence-electron chi connectivity index (χ3n) is 8.81. The first kappa shape index (κ1) is 24.2. The summed E-state index contributed by atoms with van der Waals surface area (Å²) < 4.78 is 5.43. The van der Waals surface area contributed by atoms with E-state index in [2.05, 4.69) is 38.3 Å². The zero-order valence-electron chi connectivity index (χ0n) is 21.9.